The highest BCUT2D eigenvalue weighted by molar-refractivity contribution is 6.36. The quantitative estimate of drug-likeness (QED) is 0.505. The van der Waals surface area contributed by atoms with Crippen molar-refractivity contribution in [3.63, 3.8) is 0 Å². The lowest BCUT2D eigenvalue weighted by molar-refractivity contribution is -0.120. The molecule has 0 saturated carbocycles. The zero-order valence-electron chi connectivity index (χ0n) is 14.4. The average Bonchev–Trinajstić information content (AvgIpc) is 2.69. The van der Waals surface area contributed by atoms with Gasteiger partial charge in [0.15, 0.2) is 0 Å². The molecule has 1 atom stereocenters. The number of carbonyl (C=O) groups excluding carboxylic acids is 1. The minimum Gasteiger partial charge on any atom is -0.302 e. The predicted molar refractivity (Wildman–Crippen MR) is 108 cm³/mol. The molecule has 3 aromatic carbocycles. The summed E-state index contributed by atoms with van der Waals surface area (Å²) in [4.78, 5) is 12.0. The molecular formula is C21H20ClN3O. The lowest BCUT2D eigenvalue weighted by Crippen LogP contribution is -2.32. The van der Waals surface area contributed by atoms with Gasteiger partial charge < -0.3 is 5.32 Å². The second-order valence-electron chi connectivity index (χ2n) is 5.99. The highest BCUT2D eigenvalue weighted by Gasteiger charge is 2.07. The minimum atomic E-state index is -0.192. The van der Waals surface area contributed by atoms with Gasteiger partial charge in [0, 0.05) is 22.0 Å². The Morgan fingerprint density at radius 1 is 1.04 bits per heavy atom. The van der Waals surface area contributed by atoms with Crippen LogP contribution in [-0.4, -0.2) is 18.7 Å². The number of nitrogens with zero attached hydrogens (tertiary/aromatic N) is 1. The molecule has 1 unspecified atom stereocenters. The predicted octanol–water partition coefficient (Wildman–Crippen LogP) is 4.29. The number of nitrogens with one attached hydrogen (secondary N) is 2. The molecule has 0 fully saturated rings. The van der Waals surface area contributed by atoms with Crippen LogP contribution in [-0.2, 0) is 4.79 Å². The molecule has 0 aromatic heterocycles. The molecule has 0 aliphatic carbocycles. The monoisotopic (exact) mass is 365 g/mol. The van der Waals surface area contributed by atoms with E-state index in [-0.39, 0.29) is 18.5 Å². The number of fused-ring (bicyclic) bond motifs is 1. The summed E-state index contributed by atoms with van der Waals surface area (Å²) < 4.78 is 0. The maximum Gasteiger partial charge on any atom is 0.254 e. The van der Waals surface area contributed by atoms with E-state index < -0.39 is 0 Å². The number of hydrazone groups is 1. The van der Waals surface area contributed by atoms with Gasteiger partial charge in [0.2, 0.25) is 0 Å². The van der Waals surface area contributed by atoms with Gasteiger partial charge in [0.1, 0.15) is 0 Å². The second-order valence-corrected chi connectivity index (χ2v) is 6.40. The third-order valence-electron chi connectivity index (χ3n) is 4.17. The molecule has 0 aliphatic heterocycles. The van der Waals surface area contributed by atoms with Gasteiger partial charge in [-0.05, 0) is 23.9 Å². The fourth-order valence-corrected chi connectivity index (χ4v) is 2.94. The SMILES string of the molecule is CC(NCC(=O)N/N=C/c1ccc(Cl)c2ccccc12)c1ccccc1. The Hall–Kier alpha value is -2.69. The Morgan fingerprint density at radius 2 is 1.73 bits per heavy atom. The molecule has 3 rings (SSSR count). The van der Waals surface area contributed by atoms with E-state index >= 15 is 0 Å². The fourth-order valence-electron chi connectivity index (χ4n) is 2.72. The molecule has 3 aromatic rings. The molecule has 0 saturated heterocycles. The third kappa shape index (κ3) is 4.48. The molecule has 1 amide bonds. The fraction of sp³-hybridized carbons (Fsp3) is 0.143. The number of amides is 1. The first-order chi connectivity index (χ1) is 12.6. The van der Waals surface area contributed by atoms with Crippen LogP contribution in [0.5, 0.6) is 0 Å². The first kappa shape index (κ1) is 18.1. The summed E-state index contributed by atoms with van der Waals surface area (Å²) in [5, 5.41) is 9.90. The maximum absolute atomic E-state index is 12.0. The molecule has 2 N–H and O–H groups in total. The number of halogens is 1. The average molecular weight is 366 g/mol. The van der Waals surface area contributed by atoms with Gasteiger partial charge in [0.05, 0.1) is 12.8 Å². The molecule has 0 aliphatic rings. The van der Waals surface area contributed by atoms with E-state index in [1.165, 1.54) is 0 Å². The van der Waals surface area contributed by atoms with E-state index in [1.54, 1.807) is 6.21 Å². The van der Waals surface area contributed by atoms with Crippen molar-refractivity contribution in [1.82, 2.24) is 10.7 Å². The number of rotatable bonds is 6. The molecule has 0 heterocycles. The van der Waals surface area contributed by atoms with Crippen molar-refractivity contribution in [2.45, 2.75) is 13.0 Å². The number of hydrogen-bond acceptors (Lipinski definition) is 3. The van der Waals surface area contributed by atoms with Gasteiger partial charge in [-0.2, -0.15) is 5.10 Å². The van der Waals surface area contributed by atoms with E-state index in [9.17, 15) is 4.79 Å². The van der Waals surface area contributed by atoms with E-state index in [0.717, 1.165) is 21.9 Å². The van der Waals surface area contributed by atoms with Gasteiger partial charge in [0.25, 0.3) is 5.91 Å². The van der Waals surface area contributed by atoms with Gasteiger partial charge in [-0.3, -0.25) is 4.79 Å². The van der Waals surface area contributed by atoms with Crippen molar-refractivity contribution in [2.75, 3.05) is 6.54 Å². The van der Waals surface area contributed by atoms with Crippen LogP contribution in [0.15, 0.2) is 71.8 Å². The Bertz CT molecular complexity index is 925. The lowest BCUT2D eigenvalue weighted by atomic mass is 10.1. The summed E-state index contributed by atoms with van der Waals surface area (Å²) in [7, 11) is 0. The molecule has 0 radical (unpaired) electrons. The molecule has 132 valence electrons. The van der Waals surface area contributed by atoms with Crippen LogP contribution in [0.2, 0.25) is 5.02 Å². The first-order valence-corrected chi connectivity index (χ1v) is 8.80. The van der Waals surface area contributed by atoms with E-state index in [0.29, 0.717) is 5.02 Å². The van der Waals surface area contributed by atoms with Gasteiger partial charge in [-0.15, -0.1) is 0 Å². The molecular weight excluding hydrogens is 346 g/mol. The lowest BCUT2D eigenvalue weighted by Gasteiger charge is -2.13. The Balaban J connectivity index is 1.57. The van der Waals surface area contributed by atoms with Gasteiger partial charge in [-0.25, -0.2) is 5.43 Å². The summed E-state index contributed by atoms with van der Waals surface area (Å²) >= 11 is 6.21. The largest absolute Gasteiger partial charge is 0.302 e. The van der Waals surface area contributed by atoms with Crippen LogP contribution >= 0.6 is 11.6 Å². The van der Waals surface area contributed by atoms with Crippen molar-refractivity contribution in [1.29, 1.82) is 0 Å². The van der Waals surface area contributed by atoms with Crippen molar-refractivity contribution in [3.05, 3.63) is 82.9 Å². The first-order valence-electron chi connectivity index (χ1n) is 8.42. The van der Waals surface area contributed by atoms with E-state index in [2.05, 4.69) is 15.8 Å². The van der Waals surface area contributed by atoms with Crippen molar-refractivity contribution in [2.24, 2.45) is 5.10 Å². The molecule has 5 heteroatoms. The summed E-state index contributed by atoms with van der Waals surface area (Å²) in [5.74, 6) is -0.192. The smallest absolute Gasteiger partial charge is 0.254 e. The highest BCUT2D eigenvalue weighted by Crippen LogP contribution is 2.25. The highest BCUT2D eigenvalue weighted by atomic mass is 35.5. The summed E-state index contributed by atoms with van der Waals surface area (Å²) in [5.41, 5.74) is 4.59. The third-order valence-corrected chi connectivity index (χ3v) is 4.50. The number of hydrogen-bond donors (Lipinski definition) is 2. The summed E-state index contributed by atoms with van der Waals surface area (Å²) in [6.45, 7) is 2.21. The topological polar surface area (TPSA) is 53.5 Å². The maximum atomic E-state index is 12.0. The van der Waals surface area contributed by atoms with Crippen LogP contribution in [0, 0.1) is 0 Å². The van der Waals surface area contributed by atoms with E-state index in [4.69, 9.17) is 11.6 Å². The molecule has 26 heavy (non-hydrogen) atoms. The van der Waals surface area contributed by atoms with Crippen LogP contribution in [0.1, 0.15) is 24.1 Å². The number of benzene rings is 3. The Labute approximate surface area is 157 Å². The van der Waals surface area contributed by atoms with E-state index in [1.807, 2.05) is 73.7 Å². The second kappa shape index (κ2) is 8.61. The molecule has 4 nitrogen and oxygen atoms in total. The Kier molecular flexibility index (Phi) is 6.00. The zero-order valence-corrected chi connectivity index (χ0v) is 15.2. The molecule has 0 spiro atoms. The standard InChI is InChI=1S/C21H20ClN3O/c1-15(16-7-3-2-4-8-16)23-14-21(26)25-24-13-17-11-12-20(22)19-10-6-5-9-18(17)19/h2-13,15,23H,14H2,1H3,(H,25,26)/b24-13+. The molecule has 0 bridgehead atoms. The summed E-state index contributed by atoms with van der Waals surface area (Å²) in [6, 6.07) is 21.6. The van der Waals surface area contributed by atoms with Crippen molar-refractivity contribution in [3.8, 4) is 0 Å². The van der Waals surface area contributed by atoms with Crippen molar-refractivity contribution >= 4 is 34.5 Å². The van der Waals surface area contributed by atoms with Crippen LogP contribution in [0.3, 0.4) is 0 Å². The minimum absolute atomic E-state index is 0.0890. The normalized spacial score (nSPS) is 12.4. The van der Waals surface area contributed by atoms with Gasteiger partial charge in [-0.1, -0.05) is 72.3 Å². The summed E-state index contributed by atoms with van der Waals surface area (Å²) in [6.07, 6.45) is 1.64. The number of carbonyl (C=O) groups is 1. The van der Waals surface area contributed by atoms with Crippen LogP contribution < -0.4 is 10.7 Å². The zero-order chi connectivity index (χ0) is 18.4. The van der Waals surface area contributed by atoms with Crippen molar-refractivity contribution < 1.29 is 4.79 Å². The van der Waals surface area contributed by atoms with Crippen LogP contribution in [0.25, 0.3) is 10.8 Å². The van der Waals surface area contributed by atoms with Gasteiger partial charge >= 0.3 is 0 Å². The Morgan fingerprint density at radius 3 is 2.50 bits per heavy atom. The van der Waals surface area contributed by atoms with Crippen LogP contribution in [0.4, 0.5) is 0 Å².